The van der Waals surface area contributed by atoms with Crippen LogP contribution in [0.25, 0.3) is 0 Å². The Bertz CT molecular complexity index is 246. The molecule has 0 radical (unpaired) electrons. The first-order valence-corrected chi connectivity index (χ1v) is 6.43. The molecular weight excluding hydrogens is 248 g/mol. The summed E-state index contributed by atoms with van der Waals surface area (Å²) in [6.07, 6.45) is -2.00. The minimum atomic E-state index is -3.91. The molecule has 1 rings (SSSR count). The molecule has 1 heterocycles. The van der Waals surface area contributed by atoms with Gasteiger partial charge in [0.15, 0.2) is 0 Å². The molecule has 0 spiro atoms. The number of hydrogen-bond acceptors (Lipinski definition) is 2. The zero-order valence-corrected chi connectivity index (χ0v) is 10.9. The van der Waals surface area contributed by atoms with E-state index in [1.807, 2.05) is 0 Å². The lowest BCUT2D eigenvalue weighted by Gasteiger charge is -2.28. The topological polar surface area (TPSA) is 15.3 Å². The van der Waals surface area contributed by atoms with Gasteiger partial charge in [0.2, 0.25) is 0 Å². The summed E-state index contributed by atoms with van der Waals surface area (Å²) < 4.78 is 50.5. The third-order valence-electron chi connectivity index (χ3n) is 3.07. The molecule has 0 aromatic carbocycles. The SMILES string of the molecule is CC(C)CC1CN(CC(F)(F)C(F)F)CCCN1. The number of halogens is 4. The van der Waals surface area contributed by atoms with Gasteiger partial charge in [-0.05, 0) is 31.8 Å². The van der Waals surface area contributed by atoms with E-state index in [1.54, 1.807) is 0 Å². The standard InChI is InChI=1S/C12H22F4N2/c1-9(2)6-10-7-18(5-3-4-17-10)8-12(15,16)11(13)14/h9-11,17H,3-8H2,1-2H3. The fourth-order valence-corrected chi connectivity index (χ4v) is 2.31. The maximum atomic E-state index is 13.0. The van der Waals surface area contributed by atoms with Gasteiger partial charge >= 0.3 is 12.3 Å². The van der Waals surface area contributed by atoms with Crippen molar-refractivity contribution in [3.8, 4) is 0 Å². The molecule has 0 saturated carbocycles. The van der Waals surface area contributed by atoms with Crippen LogP contribution >= 0.6 is 0 Å². The average molecular weight is 270 g/mol. The Balaban J connectivity index is 2.53. The summed E-state index contributed by atoms with van der Waals surface area (Å²) in [6, 6.07) is 0.112. The summed E-state index contributed by atoms with van der Waals surface area (Å²) in [7, 11) is 0. The lowest BCUT2D eigenvalue weighted by atomic mass is 10.0. The molecule has 6 heteroatoms. The van der Waals surface area contributed by atoms with Crippen molar-refractivity contribution in [3.63, 3.8) is 0 Å². The monoisotopic (exact) mass is 270 g/mol. The van der Waals surface area contributed by atoms with Crippen LogP contribution in [0, 0.1) is 5.92 Å². The highest BCUT2D eigenvalue weighted by Gasteiger charge is 2.42. The van der Waals surface area contributed by atoms with Gasteiger partial charge in [0, 0.05) is 12.6 Å². The summed E-state index contributed by atoms with van der Waals surface area (Å²) in [6.45, 7) is 4.90. The fourth-order valence-electron chi connectivity index (χ4n) is 2.31. The van der Waals surface area contributed by atoms with Gasteiger partial charge in [-0.25, -0.2) is 8.78 Å². The van der Waals surface area contributed by atoms with Crippen molar-refractivity contribution in [2.75, 3.05) is 26.2 Å². The van der Waals surface area contributed by atoms with Gasteiger partial charge in [-0.3, -0.25) is 4.90 Å². The van der Waals surface area contributed by atoms with E-state index in [1.165, 1.54) is 4.90 Å². The molecule has 1 fully saturated rings. The smallest absolute Gasteiger partial charge is 0.313 e. The van der Waals surface area contributed by atoms with Crippen molar-refractivity contribution < 1.29 is 17.6 Å². The van der Waals surface area contributed by atoms with E-state index in [9.17, 15) is 17.6 Å². The third kappa shape index (κ3) is 5.10. The minimum Gasteiger partial charge on any atom is -0.313 e. The molecule has 0 bridgehead atoms. The van der Waals surface area contributed by atoms with Crippen LogP contribution in [0.5, 0.6) is 0 Å². The average Bonchev–Trinajstić information content (AvgIpc) is 2.41. The minimum absolute atomic E-state index is 0.112. The number of hydrogen-bond donors (Lipinski definition) is 1. The second kappa shape index (κ2) is 6.70. The zero-order valence-electron chi connectivity index (χ0n) is 10.9. The Morgan fingerprint density at radius 2 is 2.00 bits per heavy atom. The second-order valence-corrected chi connectivity index (χ2v) is 5.43. The molecule has 1 saturated heterocycles. The number of nitrogens with one attached hydrogen (secondary N) is 1. The molecule has 1 atom stereocenters. The van der Waals surface area contributed by atoms with E-state index >= 15 is 0 Å². The van der Waals surface area contributed by atoms with Crippen LogP contribution in [-0.2, 0) is 0 Å². The molecule has 1 N–H and O–H groups in total. The first kappa shape index (κ1) is 15.7. The molecule has 2 nitrogen and oxygen atoms in total. The summed E-state index contributed by atoms with van der Waals surface area (Å²) >= 11 is 0. The van der Waals surface area contributed by atoms with Crippen LogP contribution < -0.4 is 5.32 Å². The summed E-state index contributed by atoms with van der Waals surface area (Å²) in [5, 5.41) is 3.28. The van der Waals surface area contributed by atoms with Crippen LogP contribution in [-0.4, -0.2) is 49.5 Å². The van der Waals surface area contributed by atoms with E-state index in [2.05, 4.69) is 19.2 Å². The predicted octanol–water partition coefficient (Wildman–Crippen LogP) is 2.60. The van der Waals surface area contributed by atoms with Crippen LogP contribution in [0.15, 0.2) is 0 Å². The molecule has 18 heavy (non-hydrogen) atoms. The van der Waals surface area contributed by atoms with E-state index in [0.717, 1.165) is 13.0 Å². The van der Waals surface area contributed by atoms with Crippen LogP contribution in [0.3, 0.4) is 0 Å². The van der Waals surface area contributed by atoms with E-state index < -0.39 is 18.9 Å². The van der Waals surface area contributed by atoms with Crippen molar-refractivity contribution in [1.82, 2.24) is 10.2 Å². The van der Waals surface area contributed by atoms with Crippen molar-refractivity contribution in [2.24, 2.45) is 5.92 Å². The molecule has 108 valence electrons. The van der Waals surface area contributed by atoms with Gasteiger partial charge in [-0.1, -0.05) is 13.8 Å². The summed E-state index contributed by atoms with van der Waals surface area (Å²) in [5.74, 6) is -3.45. The second-order valence-electron chi connectivity index (χ2n) is 5.43. The lowest BCUT2D eigenvalue weighted by molar-refractivity contribution is -0.142. The molecule has 1 unspecified atom stereocenters. The van der Waals surface area contributed by atoms with Crippen LogP contribution in [0.2, 0.25) is 0 Å². The highest BCUT2D eigenvalue weighted by atomic mass is 19.3. The van der Waals surface area contributed by atoms with Crippen molar-refractivity contribution in [2.45, 2.75) is 45.1 Å². The largest absolute Gasteiger partial charge is 0.319 e. The summed E-state index contributed by atoms with van der Waals surface area (Å²) in [5.41, 5.74) is 0. The maximum absolute atomic E-state index is 13.0. The highest BCUT2D eigenvalue weighted by molar-refractivity contribution is 4.82. The Morgan fingerprint density at radius 1 is 1.33 bits per heavy atom. The quantitative estimate of drug-likeness (QED) is 0.773. The molecule has 1 aliphatic rings. The zero-order chi connectivity index (χ0) is 13.8. The summed E-state index contributed by atoms with van der Waals surface area (Å²) in [4.78, 5) is 1.46. The highest BCUT2D eigenvalue weighted by Crippen LogP contribution is 2.24. The normalized spacial score (nSPS) is 23.7. The fraction of sp³-hybridized carbons (Fsp3) is 1.00. The van der Waals surface area contributed by atoms with Crippen LogP contribution in [0.1, 0.15) is 26.7 Å². The molecule has 0 aromatic heterocycles. The Hall–Kier alpha value is -0.360. The van der Waals surface area contributed by atoms with Gasteiger partial charge in [0.1, 0.15) is 0 Å². The first-order valence-electron chi connectivity index (χ1n) is 6.43. The van der Waals surface area contributed by atoms with Crippen molar-refractivity contribution >= 4 is 0 Å². The van der Waals surface area contributed by atoms with E-state index in [4.69, 9.17) is 0 Å². The number of rotatable bonds is 5. The molecular formula is C12H22F4N2. The van der Waals surface area contributed by atoms with E-state index in [0.29, 0.717) is 25.4 Å². The van der Waals surface area contributed by atoms with Crippen LogP contribution in [0.4, 0.5) is 17.6 Å². The van der Waals surface area contributed by atoms with Crippen molar-refractivity contribution in [3.05, 3.63) is 0 Å². The van der Waals surface area contributed by atoms with E-state index in [-0.39, 0.29) is 6.04 Å². The van der Waals surface area contributed by atoms with Crippen molar-refractivity contribution in [1.29, 1.82) is 0 Å². The van der Waals surface area contributed by atoms with Gasteiger partial charge in [-0.2, -0.15) is 8.78 Å². The maximum Gasteiger partial charge on any atom is 0.319 e. The Morgan fingerprint density at radius 3 is 2.56 bits per heavy atom. The first-order chi connectivity index (χ1) is 8.31. The number of alkyl halides is 4. The Kier molecular flexibility index (Phi) is 5.85. The van der Waals surface area contributed by atoms with Gasteiger partial charge in [0.05, 0.1) is 6.54 Å². The van der Waals surface area contributed by atoms with Gasteiger partial charge in [0.25, 0.3) is 0 Å². The van der Waals surface area contributed by atoms with Gasteiger partial charge in [-0.15, -0.1) is 0 Å². The Labute approximate surface area is 106 Å². The molecule has 0 amide bonds. The third-order valence-corrected chi connectivity index (χ3v) is 3.07. The molecule has 0 aliphatic carbocycles. The number of nitrogens with zero attached hydrogens (tertiary/aromatic N) is 1. The predicted molar refractivity (Wildman–Crippen MR) is 63.3 cm³/mol. The van der Waals surface area contributed by atoms with Gasteiger partial charge < -0.3 is 5.32 Å². The molecule has 0 aromatic rings. The molecule has 1 aliphatic heterocycles. The lowest BCUT2D eigenvalue weighted by Crippen LogP contribution is -2.45.